The van der Waals surface area contributed by atoms with Gasteiger partial charge in [0.15, 0.2) is 0 Å². The van der Waals surface area contributed by atoms with Crippen LogP contribution in [0.5, 0.6) is 0 Å². The lowest BCUT2D eigenvalue weighted by atomic mass is 10.1. The van der Waals surface area contributed by atoms with Crippen LogP contribution in [0.4, 0.5) is 13.2 Å². The van der Waals surface area contributed by atoms with Crippen molar-refractivity contribution >= 4 is 0 Å². The van der Waals surface area contributed by atoms with Gasteiger partial charge in [-0.3, -0.25) is 4.98 Å². The van der Waals surface area contributed by atoms with E-state index in [-0.39, 0.29) is 12.6 Å². The average molecular weight is 266 g/mol. The molecule has 1 atom stereocenters. The summed E-state index contributed by atoms with van der Waals surface area (Å²) in [5.74, 6) is -1.60. The van der Waals surface area contributed by atoms with Crippen LogP contribution < -0.4 is 5.32 Å². The Hall–Kier alpha value is -1.88. The van der Waals surface area contributed by atoms with E-state index in [1.807, 2.05) is 6.92 Å². The zero-order chi connectivity index (χ0) is 13.8. The smallest absolute Gasteiger partial charge is 0.141 e. The molecule has 1 aromatic heterocycles. The Morgan fingerprint density at radius 1 is 1.11 bits per heavy atom. The summed E-state index contributed by atoms with van der Waals surface area (Å²) in [5.41, 5.74) is 1.03. The fourth-order valence-electron chi connectivity index (χ4n) is 1.68. The molecule has 100 valence electrons. The van der Waals surface area contributed by atoms with Crippen LogP contribution in [0.1, 0.15) is 24.2 Å². The van der Waals surface area contributed by atoms with Gasteiger partial charge in [0.25, 0.3) is 0 Å². The van der Waals surface area contributed by atoms with Crippen LogP contribution in [0, 0.1) is 17.5 Å². The van der Waals surface area contributed by atoms with E-state index >= 15 is 0 Å². The molecule has 5 heteroatoms. The molecular formula is C14H13F3N2. The van der Waals surface area contributed by atoms with E-state index < -0.39 is 17.5 Å². The number of nitrogens with zero attached hydrogens (tertiary/aromatic N) is 1. The number of rotatable bonds is 4. The van der Waals surface area contributed by atoms with Crippen LogP contribution in [0.3, 0.4) is 0 Å². The van der Waals surface area contributed by atoms with Gasteiger partial charge in [-0.15, -0.1) is 0 Å². The first-order valence-electron chi connectivity index (χ1n) is 5.85. The van der Waals surface area contributed by atoms with Gasteiger partial charge < -0.3 is 5.32 Å². The number of nitrogens with one attached hydrogen (secondary N) is 1. The number of hydrogen-bond donors (Lipinski definition) is 1. The fourth-order valence-corrected chi connectivity index (χ4v) is 1.68. The molecule has 1 heterocycles. The zero-order valence-electron chi connectivity index (χ0n) is 10.3. The molecule has 2 nitrogen and oxygen atoms in total. The predicted molar refractivity (Wildman–Crippen MR) is 65.8 cm³/mol. The Morgan fingerprint density at radius 2 is 1.84 bits per heavy atom. The molecule has 0 saturated carbocycles. The predicted octanol–water partition coefficient (Wildman–Crippen LogP) is 3.35. The molecule has 0 saturated heterocycles. The van der Waals surface area contributed by atoms with E-state index in [0.717, 1.165) is 12.3 Å². The third-order valence-electron chi connectivity index (χ3n) is 2.81. The lowest BCUT2D eigenvalue weighted by Crippen LogP contribution is -2.19. The fraction of sp³-hybridized carbons (Fsp3) is 0.214. The van der Waals surface area contributed by atoms with Crippen LogP contribution in [0.2, 0.25) is 0 Å². The molecule has 0 radical (unpaired) electrons. The highest BCUT2D eigenvalue weighted by molar-refractivity contribution is 5.19. The maximum Gasteiger partial charge on any atom is 0.141 e. The van der Waals surface area contributed by atoms with Gasteiger partial charge in [0.05, 0.1) is 11.9 Å². The van der Waals surface area contributed by atoms with Crippen molar-refractivity contribution in [2.45, 2.75) is 19.5 Å². The maximum atomic E-state index is 13.4. The number of hydrogen-bond acceptors (Lipinski definition) is 2. The third kappa shape index (κ3) is 3.54. The van der Waals surface area contributed by atoms with Crippen molar-refractivity contribution in [1.29, 1.82) is 0 Å². The van der Waals surface area contributed by atoms with E-state index in [9.17, 15) is 13.2 Å². The van der Waals surface area contributed by atoms with Crippen LogP contribution in [0.15, 0.2) is 36.5 Å². The molecule has 1 unspecified atom stereocenters. The quantitative estimate of drug-likeness (QED) is 0.918. The summed E-state index contributed by atoms with van der Waals surface area (Å²) in [6.07, 6.45) is 1.13. The molecule has 0 aliphatic carbocycles. The second kappa shape index (κ2) is 5.84. The molecule has 0 amide bonds. The number of aromatic nitrogens is 1. The normalized spacial score (nSPS) is 12.4. The van der Waals surface area contributed by atoms with Gasteiger partial charge in [-0.25, -0.2) is 13.2 Å². The van der Waals surface area contributed by atoms with E-state index in [4.69, 9.17) is 0 Å². The first-order chi connectivity index (χ1) is 9.06. The Kier molecular flexibility index (Phi) is 4.16. The lowest BCUT2D eigenvalue weighted by Gasteiger charge is -2.13. The van der Waals surface area contributed by atoms with Gasteiger partial charge in [-0.1, -0.05) is 6.07 Å². The van der Waals surface area contributed by atoms with Crippen LogP contribution >= 0.6 is 0 Å². The standard InChI is InChI=1S/C14H13F3N2/c1-9(14-5-4-12(16)8-19-14)18-7-10-2-3-11(15)6-13(10)17/h2-6,8-9,18H,7H2,1H3. The molecule has 2 rings (SSSR count). The molecule has 0 fully saturated rings. The molecule has 19 heavy (non-hydrogen) atoms. The van der Waals surface area contributed by atoms with Crippen molar-refractivity contribution in [3.8, 4) is 0 Å². The SMILES string of the molecule is CC(NCc1ccc(F)cc1F)c1ccc(F)cn1. The first kappa shape index (κ1) is 13.5. The van der Waals surface area contributed by atoms with Crippen molar-refractivity contribution in [2.75, 3.05) is 0 Å². The Balaban J connectivity index is 2.00. The summed E-state index contributed by atoms with van der Waals surface area (Å²) in [4.78, 5) is 3.94. The largest absolute Gasteiger partial charge is 0.305 e. The minimum atomic E-state index is -0.602. The zero-order valence-corrected chi connectivity index (χ0v) is 10.3. The van der Waals surface area contributed by atoms with Gasteiger partial charge >= 0.3 is 0 Å². The molecular weight excluding hydrogens is 253 g/mol. The molecule has 0 aliphatic rings. The minimum absolute atomic E-state index is 0.162. The lowest BCUT2D eigenvalue weighted by molar-refractivity contribution is 0.525. The van der Waals surface area contributed by atoms with Crippen molar-refractivity contribution in [1.82, 2.24) is 10.3 Å². The summed E-state index contributed by atoms with van der Waals surface area (Å²) in [5, 5.41) is 3.05. The summed E-state index contributed by atoms with van der Waals surface area (Å²) in [6.45, 7) is 2.08. The van der Waals surface area contributed by atoms with Crippen molar-refractivity contribution in [3.05, 3.63) is 65.2 Å². The number of pyridine rings is 1. The topological polar surface area (TPSA) is 24.9 Å². The summed E-state index contributed by atoms with van der Waals surface area (Å²) < 4.78 is 38.9. The van der Waals surface area contributed by atoms with E-state index in [0.29, 0.717) is 11.3 Å². The van der Waals surface area contributed by atoms with Crippen LogP contribution in [-0.4, -0.2) is 4.98 Å². The highest BCUT2D eigenvalue weighted by atomic mass is 19.1. The minimum Gasteiger partial charge on any atom is -0.305 e. The van der Waals surface area contributed by atoms with E-state index in [2.05, 4.69) is 10.3 Å². The third-order valence-corrected chi connectivity index (χ3v) is 2.81. The maximum absolute atomic E-state index is 13.4. The van der Waals surface area contributed by atoms with E-state index in [1.165, 1.54) is 18.2 Å². The number of halogens is 3. The van der Waals surface area contributed by atoms with Gasteiger partial charge in [0.1, 0.15) is 17.5 Å². The van der Waals surface area contributed by atoms with Crippen molar-refractivity contribution < 1.29 is 13.2 Å². The summed E-state index contributed by atoms with van der Waals surface area (Å²) in [6, 6.07) is 6.17. The van der Waals surface area contributed by atoms with Crippen molar-refractivity contribution in [3.63, 3.8) is 0 Å². The van der Waals surface area contributed by atoms with E-state index in [1.54, 1.807) is 6.07 Å². The molecule has 0 bridgehead atoms. The summed E-state index contributed by atoms with van der Waals surface area (Å²) in [7, 11) is 0. The second-order valence-corrected chi connectivity index (χ2v) is 4.24. The molecule has 0 spiro atoms. The number of benzene rings is 1. The molecule has 1 N–H and O–H groups in total. The molecule has 2 aromatic rings. The monoisotopic (exact) mass is 266 g/mol. The second-order valence-electron chi connectivity index (χ2n) is 4.24. The van der Waals surface area contributed by atoms with Crippen LogP contribution in [-0.2, 0) is 6.54 Å². The average Bonchev–Trinajstić information content (AvgIpc) is 2.38. The highest BCUT2D eigenvalue weighted by Crippen LogP contribution is 2.13. The van der Waals surface area contributed by atoms with Crippen molar-refractivity contribution in [2.24, 2.45) is 0 Å². The summed E-state index contributed by atoms with van der Waals surface area (Å²) >= 11 is 0. The van der Waals surface area contributed by atoms with Gasteiger partial charge in [-0.2, -0.15) is 0 Å². The highest BCUT2D eigenvalue weighted by Gasteiger charge is 2.09. The molecule has 0 aliphatic heterocycles. The Bertz CT molecular complexity index is 555. The Labute approximate surface area is 109 Å². The molecule has 1 aromatic carbocycles. The van der Waals surface area contributed by atoms with Gasteiger partial charge in [-0.05, 0) is 25.1 Å². The Morgan fingerprint density at radius 3 is 2.47 bits per heavy atom. The first-order valence-corrected chi connectivity index (χ1v) is 5.85. The van der Waals surface area contributed by atoms with Crippen LogP contribution in [0.25, 0.3) is 0 Å². The van der Waals surface area contributed by atoms with Gasteiger partial charge in [0, 0.05) is 24.2 Å². The van der Waals surface area contributed by atoms with Gasteiger partial charge in [0.2, 0.25) is 0 Å².